The lowest BCUT2D eigenvalue weighted by Crippen LogP contribution is -2.38. The zero-order chi connectivity index (χ0) is 9.15. The van der Waals surface area contributed by atoms with E-state index >= 15 is 0 Å². The highest BCUT2D eigenvalue weighted by molar-refractivity contribution is 5.00. The van der Waals surface area contributed by atoms with Gasteiger partial charge < -0.3 is 11.1 Å². The Labute approximate surface area is 81.3 Å². The first-order valence-corrected chi connectivity index (χ1v) is 5.78. The largest absolute Gasteiger partial charge is 0.324 e. The molecule has 0 amide bonds. The first-order chi connectivity index (χ1) is 6.29. The monoisotopic (exact) mass is 182 g/mol. The molecule has 2 saturated carbocycles. The van der Waals surface area contributed by atoms with Crippen molar-refractivity contribution in [1.82, 2.24) is 5.32 Å². The van der Waals surface area contributed by atoms with Gasteiger partial charge in [-0.1, -0.05) is 19.3 Å². The lowest BCUT2D eigenvalue weighted by atomic mass is 9.89. The fourth-order valence-corrected chi connectivity index (χ4v) is 2.25. The van der Waals surface area contributed by atoms with Crippen molar-refractivity contribution in [2.75, 3.05) is 13.1 Å². The SMILES string of the molecule is NC1(CNCC2CCCCC2)CC1. The van der Waals surface area contributed by atoms with Crippen LogP contribution in [0.5, 0.6) is 0 Å². The molecule has 2 fully saturated rings. The molecule has 0 bridgehead atoms. The van der Waals surface area contributed by atoms with Gasteiger partial charge in [-0.3, -0.25) is 0 Å². The van der Waals surface area contributed by atoms with Gasteiger partial charge in [0.1, 0.15) is 0 Å². The van der Waals surface area contributed by atoms with Gasteiger partial charge in [0.05, 0.1) is 0 Å². The van der Waals surface area contributed by atoms with Gasteiger partial charge in [-0.05, 0) is 38.1 Å². The minimum atomic E-state index is 0.189. The van der Waals surface area contributed by atoms with Crippen LogP contribution in [0.2, 0.25) is 0 Å². The average Bonchev–Trinajstić information content (AvgIpc) is 2.86. The Kier molecular flexibility index (Phi) is 2.89. The molecule has 0 atom stereocenters. The predicted octanol–water partition coefficient (Wildman–Crippen LogP) is 1.65. The van der Waals surface area contributed by atoms with Crippen LogP contribution in [0.25, 0.3) is 0 Å². The molecule has 13 heavy (non-hydrogen) atoms. The lowest BCUT2D eigenvalue weighted by molar-refractivity contribution is 0.338. The van der Waals surface area contributed by atoms with Gasteiger partial charge in [0.2, 0.25) is 0 Å². The highest BCUT2D eigenvalue weighted by atomic mass is 15.0. The zero-order valence-electron chi connectivity index (χ0n) is 8.52. The molecule has 0 heterocycles. The molecule has 0 aliphatic heterocycles. The van der Waals surface area contributed by atoms with E-state index in [0.717, 1.165) is 12.5 Å². The van der Waals surface area contributed by atoms with Crippen LogP contribution in [-0.4, -0.2) is 18.6 Å². The normalized spacial score (nSPS) is 27.5. The summed E-state index contributed by atoms with van der Waals surface area (Å²) in [5, 5.41) is 3.53. The summed E-state index contributed by atoms with van der Waals surface area (Å²) in [6.07, 6.45) is 9.67. The molecule has 0 unspecified atom stereocenters. The van der Waals surface area contributed by atoms with Crippen LogP contribution in [0.3, 0.4) is 0 Å². The Balaban J connectivity index is 1.56. The Morgan fingerprint density at radius 2 is 1.85 bits per heavy atom. The van der Waals surface area contributed by atoms with Crippen LogP contribution in [0.1, 0.15) is 44.9 Å². The number of rotatable bonds is 4. The molecule has 2 aliphatic carbocycles. The molecule has 2 rings (SSSR count). The fourth-order valence-electron chi connectivity index (χ4n) is 2.25. The first-order valence-electron chi connectivity index (χ1n) is 5.78. The van der Waals surface area contributed by atoms with Crippen LogP contribution in [-0.2, 0) is 0 Å². The van der Waals surface area contributed by atoms with Crippen LogP contribution < -0.4 is 11.1 Å². The summed E-state index contributed by atoms with van der Waals surface area (Å²) in [6, 6.07) is 0. The quantitative estimate of drug-likeness (QED) is 0.694. The molecule has 0 aromatic rings. The van der Waals surface area contributed by atoms with Gasteiger partial charge in [0.25, 0.3) is 0 Å². The molecule has 0 aromatic carbocycles. The van der Waals surface area contributed by atoms with Crippen LogP contribution in [0, 0.1) is 5.92 Å². The van der Waals surface area contributed by atoms with Crippen LogP contribution in [0.15, 0.2) is 0 Å². The Morgan fingerprint density at radius 3 is 2.46 bits per heavy atom. The van der Waals surface area contributed by atoms with E-state index in [9.17, 15) is 0 Å². The van der Waals surface area contributed by atoms with E-state index in [4.69, 9.17) is 5.73 Å². The van der Waals surface area contributed by atoms with Gasteiger partial charge in [-0.15, -0.1) is 0 Å². The molecular weight excluding hydrogens is 160 g/mol. The topological polar surface area (TPSA) is 38.0 Å². The van der Waals surface area contributed by atoms with Gasteiger partial charge in [0.15, 0.2) is 0 Å². The van der Waals surface area contributed by atoms with Gasteiger partial charge in [0, 0.05) is 12.1 Å². The van der Waals surface area contributed by atoms with Crippen molar-refractivity contribution in [3.63, 3.8) is 0 Å². The maximum absolute atomic E-state index is 6.00. The molecule has 3 N–H and O–H groups in total. The second-order valence-electron chi connectivity index (χ2n) is 5.00. The molecule has 2 nitrogen and oxygen atoms in total. The summed E-state index contributed by atoms with van der Waals surface area (Å²) in [6.45, 7) is 2.25. The molecule has 0 spiro atoms. The summed E-state index contributed by atoms with van der Waals surface area (Å²) in [5.41, 5.74) is 6.19. The number of hydrogen-bond acceptors (Lipinski definition) is 2. The highest BCUT2D eigenvalue weighted by Gasteiger charge is 2.37. The molecule has 2 aliphatic rings. The summed E-state index contributed by atoms with van der Waals surface area (Å²) in [4.78, 5) is 0. The second kappa shape index (κ2) is 3.97. The predicted molar refractivity (Wildman–Crippen MR) is 55.6 cm³/mol. The maximum Gasteiger partial charge on any atom is 0.0282 e. The minimum absolute atomic E-state index is 0.189. The van der Waals surface area contributed by atoms with Crippen molar-refractivity contribution in [1.29, 1.82) is 0 Å². The zero-order valence-corrected chi connectivity index (χ0v) is 8.52. The van der Waals surface area contributed by atoms with E-state index in [1.165, 1.54) is 51.5 Å². The third-order valence-electron chi connectivity index (χ3n) is 3.53. The van der Waals surface area contributed by atoms with E-state index in [1.807, 2.05) is 0 Å². The van der Waals surface area contributed by atoms with Gasteiger partial charge in [-0.25, -0.2) is 0 Å². The van der Waals surface area contributed by atoms with E-state index in [0.29, 0.717) is 0 Å². The van der Waals surface area contributed by atoms with E-state index in [-0.39, 0.29) is 5.54 Å². The minimum Gasteiger partial charge on any atom is -0.324 e. The smallest absolute Gasteiger partial charge is 0.0282 e. The summed E-state index contributed by atoms with van der Waals surface area (Å²) < 4.78 is 0. The number of nitrogens with two attached hydrogens (primary N) is 1. The first kappa shape index (κ1) is 9.47. The third kappa shape index (κ3) is 2.96. The maximum atomic E-state index is 6.00. The average molecular weight is 182 g/mol. The number of nitrogens with one attached hydrogen (secondary N) is 1. The molecule has 0 saturated heterocycles. The van der Waals surface area contributed by atoms with E-state index in [2.05, 4.69) is 5.32 Å². The van der Waals surface area contributed by atoms with E-state index in [1.54, 1.807) is 0 Å². The molecular formula is C11H22N2. The van der Waals surface area contributed by atoms with E-state index < -0.39 is 0 Å². The van der Waals surface area contributed by atoms with Crippen molar-refractivity contribution in [2.24, 2.45) is 11.7 Å². The third-order valence-corrected chi connectivity index (χ3v) is 3.53. The van der Waals surface area contributed by atoms with Crippen molar-refractivity contribution in [2.45, 2.75) is 50.5 Å². The summed E-state index contributed by atoms with van der Waals surface area (Å²) in [7, 11) is 0. The van der Waals surface area contributed by atoms with Crippen molar-refractivity contribution >= 4 is 0 Å². The Bertz CT molecular complexity index is 157. The lowest BCUT2D eigenvalue weighted by Gasteiger charge is -2.22. The number of hydrogen-bond donors (Lipinski definition) is 2. The summed E-state index contributed by atoms with van der Waals surface area (Å²) >= 11 is 0. The highest BCUT2D eigenvalue weighted by Crippen LogP contribution is 2.31. The second-order valence-corrected chi connectivity index (χ2v) is 5.00. The molecule has 0 radical (unpaired) electrons. The fraction of sp³-hybridized carbons (Fsp3) is 1.00. The molecule has 76 valence electrons. The Hall–Kier alpha value is -0.0800. The standard InChI is InChI=1S/C11H22N2/c12-11(6-7-11)9-13-8-10-4-2-1-3-5-10/h10,13H,1-9,12H2. The van der Waals surface area contributed by atoms with Crippen molar-refractivity contribution < 1.29 is 0 Å². The van der Waals surface area contributed by atoms with Crippen molar-refractivity contribution in [3.8, 4) is 0 Å². The molecule has 2 heteroatoms. The Morgan fingerprint density at radius 1 is 1.15 bits per heavy atom. The van der Waals surface area contributed by atoms with Gasteiger partial charge >= 0.3 is 0 Å². The van der Waals surface area contributed by atoms with Crippen molar-refractivity contribution in [3.05, 3.63) is 0 Å². The molecule has 0 aromatic heterocycles. The summed E-state index contributed by atoms with van der Waals surface area (Å²) in [5.74, 6) is 0.941. The van der Waals surface area contributed by atoms with Gasteiger partial charge in [-0.2, -0.15) is 0 Å². The van der Waals surface area contributed by atoms with Crippen LogP contribution >= 0.6 is 0 Å². The van der Waals surface area contributed by atoms with Crippen LogP contribution in [0.4, 0.5) is 0 Å².